The summed E-state index contributed by atoms with van der Waals surface area (Å²) in [6.07, 6.45) is 0. The van der Waals surface area contributed by atoms with Gasteiger partial charge in [0.15, 0.2) is 0 Å². The van der Waals surface area contributed by atoms with Crippen LogP contribution in [0.5, 0.6) is 0 Å². The largest absolute Gasteiger partial charge is 0.301 e. The van der Waals surface area contributed by atoms with Crippen LogP contribution in [0, 0.1) is 0 Å². The highest BCUT2D eigenvalue weighted by Crippen LogP contribution is 2.05. The molecule has 0 aromatic heterocycles. The lowest BCUT2D eigenvalue weighted by Gasteiger charge is -2.09. The average molecular weight is 135 g/mol. The number of rotatable bonds is 4. The van der Waals surface area contributed by atoms with Crippen molar-refractivity contribution in [3.63, 3.8) is 0 Å². The van der Waals surface area contributed by atoms with Gasteiger partial charge in [0.2, 0.25) is 0 Å². The second-order valence-electron chi connectivity index (χ2n) is 1.43. The minimum atomic E-state index is 0.773. The van der Waals surface area contributed by atoms with Crippen molar-refractivity contribution in [1.82, 2.24) is 4.31 Å². The quantitative estimate of drug-likeness (QED) is 0.428. The molecule has 2 nitrogen and oxygen atoms in total. The Morgan fingerprint density at radius 1 is 1.50 bits per heavy atom. The molecule has 0 aromatic carbocycles. The summed E-state index contributed by atoms with van der Waals surface area (Å²) in [6.45, 7) is 5.86. The smallest absolute Gasteiger partial charge is 0.0816 e. The Kier molecular flexibility index (Phi) is 5.59. The van der Waals surface area contributed by atoms with Crippen LogP contribution in [0.25, 0.3) is 0 Å². The van der Waals surface area contributed by atoms with Crippen LogP contribution in [0.2, 0.25) is 0 Å². The third-order valence-corrected chi connectivity index (χ3v) is 1.60. The molecule has 0 aliphatic heterocycles. The molecule has 50 valence electrons. The summed E-state index contributed by atoms with van der Waals surface area (Å²) >= 11 is 1.41. The summed E-state index contributed by atoms with van der Waals surface area (Å²) in [4.78, 5) is 0. The van der Waals surface area contributed by atoms with E-state index in [-0.39, 0.29) is 0 Å². The van der Waals surface area contributed by atoms with Gasteiger partial charge in [-0.15, -0.1) is 0 Å². The van der Waals surface area contributed by atoms with E-state index in [4.69, 9.17) is 4.18 Å². The van der Waals surface area contributed by atoms with E-state index in [1.165, 1.54) is 12.2 Å². The molecule has 0 bridgehead atoms. The van der Waals surface area contributed by atoms with E-state index in [1.54, 1.807) is 0 Å². The van der Waals surface area contributed by atoms with E-state index < -0.39 is 0 Å². The first kappa shape index (κ1) is 8.27. The second-order valence-corrected chi connectivity index (χ2v) is 2.43. The summed E-state index contributed by atoms with van der Waals surface area (Å²) in [7, 11) is 2.00. The van der Waals surface area contributed by atoms with Crippen molar-refractivity contribution in [3.05, 3.63) is 0 Å². The molecule has 3 heteroatoms. The highest BCUT2D eigenvalue weighted by atomic mass is 32.2. The lowest BCUT2D eigenvalue weighted by Crippen LogP contribution is -2.07. The maximum atomic E-state index is 5.03. The van der Waals surface area contributed by atoms with Gasteiger partial charge in [-0.3, -0.25) is 0 Å². The molecule has 0 radical (unpaired) electrons. The zero-order valence-electron chi connectivity index (χ0n) is 5.68. The normalized spacial score (nSPS) is 10.5. The molecule has 0 spiro atoms. The van der Waals surface area contributed by atoms with Gasteiger partial charge in [0.05, 0.1) is 18.8 Å². The monoisotopic (exact) mass is 135 g/mol. The molecule has 0 aliphatic carbocycles. The first-order chi connectivity index (χ1) is 3.81. The Bertz CT molecular complexity index is 51.7. The summed E-state index contributed by atoms with van der Waals surface area (Å²) in [5.41, 5.74) is 0. The lowest BCUT2D eigenvalue weighted by atomic mass is 10.8. The van der Waals surface area contributed by atoms with Gasteiger partial charge in [0.1, 0.15) is 0 Å². The van der Waals surface area contributed by atoms with Crippen LogP contribution in [0.15, 0.2) is 0 Å². The van der Waals surface area contributed by atoms with Crippen LogP contribution in [0.1, 0.15) is 13.8 Å². The third-order valence-electron chi connectivity index (χ3n) is 0.743. The van der Waals surface area contributed by atoms with Crippen LogP contribution < -0.4 is 0 Å². The topological polar surface area (TPSA) is 12.5 Å². The molecule has 8 heavy (non-hydrogen) atoms. The zero-order chi connectivity index (χ0) is 6.41. The van der Waals surface area contributed by atoms with Gasteiger partial charge in [-0.25, -0.2) is 4.31 Å². The predicted molar refractivity (Wildman–Crippen MR) is 37.5 cm³/mol. The summed E-state index contributed by atoms with van der Waals surface area (Å²) < 4.78 is 7.06. The van der Waals surface area contributed by atoms with Gasteiger partial charge in [0, 0.05) is 6.54 Å². The van der Waals surface area contributed by atoms with E-state index in [2.05, 4.69) is 6.92 Å². The SMILES string of the molecule is CCOSN(C)CC. The fraction of sp³-hybridized carbons (Fsp3) is 1.00. The van der Waals surface area contributed by atoms with Gasteiger partial charge in [-0.2, -0.15) is 0 Å². The van der Waals surface area contributed by atoms with Gasteiger partial charge in [-0.1, -0.05) is 6.92 Å². The van der Waals surface area contributed by atoms with E-state index in [1.807, 2.05) is 18.3 Å². The van der Waals surface area contributed by atoms with Crippen molar-refractivity contribution in [3.8, 4) is 0 Å². The van der Waals surface area contributed by atoms with Crippen LogP contribution in [-0.4, -0.2) is 24.5 Å². The standard InChI is InChI=1S/C5H13NOS/c1-4-6(3)8-7-5-2/h4-5H2,1-3H3. The summed E-state index contributed by atoms with van der Waals surface area (Å²) in [6, 6.07) is 0. The molecule has 0 fully saturated rings. The summed E-state index contributed by atoms with van der Waals surface area (Å²) in [5.74, 6) is 0. The number of hydrogen-bond acceptors (Lipinski definition) is 3. The Morgan fingerprint density at radius 2 is 2.12 bits per heavy atom. The Balaban J connectivity index is 2.86. The second kappa shape index (κ2) is 5.41. The Labute approximate surface area is 55.5 Å². The van der Waals surface area contributed by atoms with Crippen molar-refractivity contribution >= 4 is 12.2 Å². The first-order valence-corrected chi connectivity index (χ1v) is 3.51. The molecule has 0 aliphatic rings. The fourth-order valence-electron chi connectivity index (χ4n) is 0.195. The third kappa shape index (κ3) is 4.43. The lowest BCUT2D eigenvalue weighted by molar-refractivity contribution is 0.374. The van der Waals surface area contributed by atoms with Crippen molar-refractivity contribution in [2.24, 2.45) is 0 Å². The average Bonchev–Trinajstić information content (AvgIpc) is 1.83. The van der Waals surface area contributed by atoms with Gasteiger partial charge in [-0.05, 0) is 14.0 Å². The van der Waals surface area contributed by atoms with Crippen molar-refractivity contribution in [1.29, 1.82) is 0 Å². The van der Waals surface area contributed by atoms with Gasteiger partial charge < -0.3 is 4.18 Å². The molecule has 0 heterocycles. The Morgan fingerprint density at radius 3 is 2.50 bits per heavy atom. The van der Waals surface area contributed by atoms with Crippen LogP contribution >= 0.6 is 12.2 Å². The molecule has 0 rings (SSSR count). The molecule has 0 amide bonds. The molecule has 0 aromatic rings. The van der Waals surface area contributed by atoms with Gasteiger partial charge >= 0.3 is 0 Å². The van der Waals surface area contributed by atoms with Crippen LogP contribution in [-0.2, 0) is 4.18 Å². The minimum Gasteiger partial charge on any atom is -0.301 e. The van der Waals surface area contributed by atoms with E-state index in [0.717, 1.165) is 13.2 Å². The summed E-state index contributed by atoms with van der Waals surface area (Å²) in [5, 5.41) is 0. The van der Waals surface area contributed by atoms with Crippen LogP contribution in [0.3, 0.4) is 0 Å². The number of hydrogen-bond donors (Lipinski definition) is 0. The molecular weight excluding hydrogens is 122 g/mol. The van der Waals surface area contributed by atoms with Gasteiger partial charge in [0.25, 0.3) is 0 Å². The molecule has 0 unspecified atom stereocenters. The number of nitrogens with zero attached hydrogens (tertiary/aromatic N) is 1. The van der Waals surface area contributed by atoms with Crippen molar-refractivity contribution < 1.29 is 4.18 Å². The molecule has 0 saturated heterocycles. The van der Waals surface area contributed by atoms with E-state index >= 15 is 0 Å². The zero-order valence-corrected chi connectivity index (χ0v) is 6.49. The predicted octanol–water partition coefficient (Wildman–Crippen LogP) is 1.54. The first-order valence-electron chi connectivity index (χ1n) is 2.82. The fourth-order valence-corrected chi connectivity index (χ4v) is 0.586. The molecular formula is C5H13NOS. The maximum absolute atomic E-state index is 5.03. The Hall–Kier alpha value is 0.270. The highest BCUT2D eigenvalue weighted by molar-refractivity contribution is 7.92. The molecule has 0 saturated carbocycles. The minimum absolute atomic E-state index is 0.773. The van der Waals surface area contributed by atoms with E-state index in [9.17, 15) is 0 Å². The van der Waals surface area contributed by atoms with Crippen molar-refractivity contribution in [2.75, 3.05) is 20.2 Å². The van der Waals surface area contributed by atoms with Crippen LogP contribution in [0.4, 0.5) is 0 Å². The van der Waals surface area contributed by atoms with E-state index in [0.29, 0.717) is 0 Å². The van der Waals surface area contributed by atoms with Crippen molar-refractivity contribution in [2.45, 2.75) is 13.8 Å². The maximum Gasteiger partial charge on any atom is 0.0816 e. The molecule has 0 N–H and O–H groups in total. The molecule has 0 atom stereocenters. The highest BCUT2D eigenvalue weighted by Gasteiger charge is 1.91.